The van der Waals surface area contributed by atoms with Gasteiger partial charge < -0.3 is 5.73 Å². The third-order valence-corrected chi connectivity index (χ3v) is 4.19. The molecular formula is C11H12F3NO3S. The van der Waals surface area contributed by atoms with E-state index in [1.807, 2.05) is 0 Å². The molecule has 1 amide bonds. The molecule has 0 bridgehead atoms. The van der Waals surface area contributed by atoms with E-state index in [2.05, 4.69) is 0 Å². The van der Waals surface area contributed by atoms with E-state index in [0.717, 1.165) is 12.1 Å². The van der Waals surface area contributed by atoms with Crippen LogP contribution in [0.3, 0.4) is 0 Å². The van der Waals surface area contributed by atoms with Crippen LogP contribution in [0.25, 0.3) is 0 Å². The van der Waals surface area contributed by atoms with Gasteiger partial charge in [-0.05, 0) is 30.7 Å². The van der Waals surface area contributed by atoms with Crippen molar-refractivity contribution >= 4 is 15.7 Å². The molecule has 0 saturated carbocycles. The summed E-state index contributed by atoms with van der Waals surface area (Å²) in [6.45, 7) is 0. The predicted molar refractivity (Wildman–Crippen MR) is 61.9 cm³/mol. The summed E-state index contributed by atoms with van der Waals surface area (Å²) in [5.74, 6) is -0.955. The first kappa shape index (κ1) is 15.5. The lowest BCUT2D eigenvalue weighted by molar-refractivity contribution is -0.137. The summed E-state index contributed by atoms with van der Waals surface area (Å²) in [7, 11) is -3.69. The molecule has 2 N–H and O–H groups in total. The van der Waals surface area contributed by atoms with Crippen LogP contribution in [-0.2, 0) is 20.8 Å². The molecule has 0 radical (unpaired) electrons. The van der Waals surface area contributed by atoms with Crippen molar-refractivity contribution in [2.24, 2.45) is 5.73 Å². The highest BCUT2D eigenvalue weighted by Crippen LogP contribution is 2.29. The smallest absolute Gasteiger partial charge is 0.370 e. The molecule has 0 fully saturated rings. The van der Waals surface area contributed by atoms with Crippen LogP contribution in [0.5, 0.6) is 0 Å². The van der Waals surface area contributed by atoms with Gasteiger partial charge in [0.15, 0.2) is 9.84 Å². The van der Waals surface area contributed by atoms with Gasteiger partial charge in [0, 0.05) is 6.42 Å². The molecule has 1 aromatic rings. The number of rotatable bonds is 5. The number of amides is 1. The zero-order valence-electron chi connectivity index (χ0n) is 9.77. The number of alkyl halides is 3. The summed E-state index contributed by atoms with van der Waals surface area (Å²) in [5, 5.41) is 0. The van der Waals surface area contributed by atoms with E-state index >= 15 is 0 Å². The summed E-state index contributed by atoms with van der Waals surface area (Å²) in [6.07, 6.45) is -4.55. The number of halogens is 3. The highest BCUT2D eigenvalue weighted by atomic mass is 32.2. The number of hydrogen-bond acceptors (Lipinski definition) is 3. The number of nitrogens with two attached hydrogens (primary N) is 1. The number of benzene rings is 1. The van der Waals surface area contributed by atoms with E-state index in [9.17, 15) is 26.4 Å². The second-order valence-corrected chi connectivity index (χ2v) is 6.02. The van der Waals surface area contributed by atoms with Crippen LogP contribution >= 0.6 is 0 Å². The van der Waals surface area contributed by atoms with Gasteiger partial charge in [0.1, 0.15) is 0 Å². The van der Waals surface area contributed by atoms with E-state index in [4.69, 9.17) is 5.73 Å². The highest BCUT2D eigenvalue weighted by molar-refractivity contribution is 7.91. The maximum Gasteiger partial charge on any atom is 0.416 e. The van der Waals surface area contributed by atoms with Crippen LogP contribution in [0.15, 0.2) is 29.2 Å². The molecule has 0 spiro atoms. The summed E-state index contributed by atoms with van der Waals surface area (Å²) in [5.41, 5.74) is 3.96. The van der Waals surface area contributed by atoms with E-state index < -0.39 is 27.5 Å². The van der Waals surface area contributed by atoms with Gasteiger partial charge >= 0.3 is 6.18 Å². The molecule has 0 heterocycles. The van der Waals surface area contributed by atoms with Crippen molar-refractivity contribution in [2.45, 2.75) is 23.9 Å². The van der Waals surface area contributed by atoms with Crippen molar-refractivity contribution in [3.05, 3.63) is 29.8 Å². The fraction of sp³-hybridized carbons (Fsp3) is 0.364. The molecule has 0 atom stereocenters. The number of primary amides is 1. The van der Waals surface area contributed by atoms with Crippen molar-refractivity contribution in [3.8, 4) is 0 Å². The number of carbonyl (C=O) groups is 1. The molecule has 0 aliphatic heterocycles. The number of carbonyl (C=O) groups excluding carboxylic acids is 1. The standard InChI is InChI=1S/C11H12F3NO3S/c12-11(13,14)8-3-5-9(6-4-8)19(17,18)7-1-2-10(15)16/h3-6H,1-2,7H2,(H2,15,16). The van der Waals surface area contributed by atoms with Gasteiger partial charge in [-0.1, -0.05) is 0 Å². The lowest BCUT2D eigenvalue weighted by Crippen LogP contribution is -2.14. The molecule has 1 aromatic carbocycles. The second kappa shape index (κ2) is 5.60. The van der Waals surface area contributed by atoms with Crippen molar-refractivity contribution in [2.75, 3.05) is 5.75 Å². The Kier molecular flexibility index (Phi) is 4.56. The largest absolute Gasteiger partial charge is 0.416 e. The van der Waals surface area contributed by atoms with Gasteiger partial charge in [-0.2, -0.15) is 13.2 Å². The van der Waals surface area contributed by atoms with Gasteiger partial charge in [0.05, 0.1) is 16.2 Å². The minimum Gasteiger partial charge on any atom is -0.370 e. The fourth-order valence-electron chi connectivity index (χ4n) is 1.41. The van der Waals surface area contributed by atoms with Gasteiger partial charge in [0.2, 0.25) is 5.91 Å². The van der Waals surface area contributed by atoms with Crippen LogP contribution in [0.4, 0.5) is 13.2 Å². The molecule has 0 aliphatic rings. The summed E-state index contributed by atoms with van der Waals surface area (Å²) >= 11 is 0. The van der Waals surface area contributed by atoms with Crippen molar-refractivity contribution < 1.29 is 26.4 Å². The van der Waals surface area contributed by atoms with E-state index in [1.54, 1.807) is 0 Å². The van der Waals surface area contributed by atoms with Gasteiger partial charge in [-0.3, -0.25) is 4.79 Å². The van der Waals surface area contributed by atoms with Gasteiger partial charge in [-0.25, -0.2) is 8.42 Å². The lowest BCUT2D eigenvalue weighted by atomic mass is 10.2. The zero-order valence-corrected chi connectivity index (χ0v) is 10.6. The molecule has 19 heavy (non-hydrogen) atoms. The Morgan fingerprint density at radius 2 is 1.68 bits per heavy atom. The van der Waals surface area contributed by atoms with Gasteiger partial charge in [0.25, 0.3) is 0 Å². The average molecular weight is 295 g/mol. The maximum absolute atomic E-state index is 12.3. The molecule has 0 saturated heterocycles. The van der Waals surface area contributed by atoms with E-state index in [-0.39, 0.29) is 23.5 Å². The first-order valence-electron chi connectivity index (χ1n) is 5.31. The van der Waals surface area contributed by atoms with E-state index in [0.29, 0.717) is 12.1 Å². The van der Waals surface area contributed by atoms with Crippen LogP contribution in [-0.4, -0.2) is 20.1 Å². The van der Waals surface area contributed by atoms with Gasteiger partial charge in [-0.15, -0.1) is 0 Å². The number of sulfone groups is 1. The molecule has 0 aliphatic carbocycles. The third kappa shape index (κ3) is 4.55. The second-order valence-electron chi connectivity index (χ2n) is 3.91. The quantitative estimate of drug-likeness (QED) is 0.899. The molecule has 0 aromatic heterocycles. The molecule has 8 heteroatoms. The van der Waals surface area contributed by atoms with Crippen LogP contribution in [0, 0.1) is 0 Å². The topological polar surface area (TPSA) is 77.2 Å². The average Bonchev–Trinajstić information content (AvgIpc) is 2.27. The monoisotopic (exact) mass is 295 g/mol. The minimum absolute atomic E-state index is 0.0404. The molecule has 0 unspecified atom stereocenters. The van der Waals surface area contributed by atoms with Crippen molar-refractivity contribution in [3.63, 3.8) is 0 Å². The van der Waals surface area contributed by atoms with Crippen molar-refractivity contribution in [1.82, 2.24) is 0 Å². The molecule has 4 nitrogen and oxygen atoms in total. The SMILES string of the molecule is NC(=O)CCCS(=O)(=O)c1ccc(C(F)(F)F)cc1. The Bertz CT molecular complexity index is 550. The normalized spacial score (nSPS) is 12.4. The Labute approximate surface area is 108 Å². The Morgan fingerprint density at radius 3 is 2.11 bits per heavy atom. The molecule has 1 rings (SSSR count). The van der Waals surface area contributed by atoms with E-state index in [1.165, 1.54) is 0 Å². The maximum atomic E-state index is 12.3. The zero-order chi connectivity index (χ0) is 14.7. The Balaban J connectivity index is 2.82. The molecular weight excluding hydrogens is 283 g/mol. The van der Waals surface area contributed by atoms with Crippen LogP contribution in [0.2, 0.25) is 0 Å². The predicted octanol–water partition coefficient (Wildman–Crippen LogP) is 1.74. The summed E-state index contributed by atoms with van der Waals surface area (Å²) < 4.78 is 60.4. The van der Waals surface area contributed by atoms with Crippen LogP contribution in [0.1, 0.15) is 18.4 Å². The molecule has 106 valence electrons. The Morgan fingerprint density at radius 1 is 1.16 bits per heavy atom. The third-order valence-electron chi connectivity index (χ3n) is 2.38. The minimum atomic E-state index is -4.51. The fourth-order valence-corrected chi connectivity index (χ4v) is 2.72. The van der Waals surface area contributed by atoms with Crippen LogP contribution < -0.4 is 5.73 Å². The summed E-state index contributed by atoms with van der Waals surface area (Å²) in [4.78, 5) is 10.3. The first-order valence-corrected chi connectivity index (χ1v) is 6.96. The first-order chi connectivity index (χ1) is 8.63. The highest BCUT2D eigenvalue weighted by Gasteiger charge is 2.30. The summed E-state index contributed by atoms with van der Waals surface area (Å²) in [6, 6.07) is 3.23. The lowest BCUT2D eigenvalue weighted by Gasteiger charge is -2.08. The van der Waals surface area contributed by atoms with Crippen molar-refractivity contribution in [1.29, 1.82) is 0 Å². The number of hydrogen-bond donors (Lipinski definition) is 1. The Hall–Kier alpha value is -1.57.